The molecule has 0 aromatic heterocycles. The van der Waals surface area contributed by atoms with E-state index in [0.29, 0.717) is 37.6 Å². The number of hydrogen-bond acceptors (Lipinski definition) is 7. The molecule has 11 heteroatoms. The van der Waals surface area contributed by atoms with Crippen molar-refractivity contribution in [3.8, 4) is 11.5 Å². The number of rotatable bonds is 5. The highest BCUT2D eigenvalue weighted by atomic mass is 32.2. The Morgan fingerprint density at radius 2 is 1.53 bits per heavy atom. The van der Waals surface area contributed by atoms with E-state index in [0.717, 1.165) is 0 Å². The molecule has 10 nitrogen and oxygen atoms in total. The lowest BCUT2D eigenvalue weighted by Crippen LogP contribution is -2.51. The molecule has 2 atom stereocenters. The number of carbonyl (C=O) groups excluding carboxylic acids is 3. The maximum absolute atomic E-state index is 13.1. The summed E-state index contributed by atoms with van der Waals surface area (Å²) < 4.78 is 38.5. The standard InChI is InChI=1S/C23H27N3O7S/c27-21(7-8-26-22(28)17-3-1-2-4-18(17)23(26)29)24-9-11-25(12-10-24)34(30,31)16-5-6-19-20(15-16)33-14-13-32-19/h1-2,5-6,15,17-18H,3-4,7-14H2/t17-,18-/m1/s1. The molecule has 4 aliphatic rings. The zero-order valence-electron chi connectivity index (χ0n) is 18.7. The van der Waals surface area contributed by atoms with Crippen LogP contribution in [0.25, 0.3) is 0 Å². The van der Waals surface area contributed by atoms with Crippen molar-refractivity contribution in [1.29, 1.82) is 0 Å². The molecular formula is C23H27N3O7S. The fraction of sp³-hybridized carbons (Fsp3) is 0.522. The average Bonchev–Trinajstić information content (AvgIpc) is 3.11. The second-order valence-corrected chi connectivity index (χ2v) is 10.8. The van der Waals surface area contributed by atoms with E-state index in [2.05, 4.69) is 0 Å². The van der Waals surface area contributed by atoms with E-state index in [9.17, 15) is 22.8 Å². The van der Waals surface area contributed by atoms with Gasteiger partial charge >= 0.3 is 0 Å². The minimum absolute atomic E-state index is 0.0409. The normalized spacial score (nSPS) is 24.9. The number of likely N-dealkylation sites (tertiary alicyclic amines) is 1. The summed E-state index contributed by atoms with van der Waals surface area (Å²) in [5.74, 6) is -0.257. The first-order valence-electron chi connectivity index (χ1n) is 11.5. The van der Waals surface area contributed by atoms with Crippen LogP contribution in [0.3, 0.4) is 0 Å². The molecule has 3 amide bonds. The molecule has 3 heterocycles. The highest BCUT2D eigenvalue weighted by Crippen LogP contribution is 2.35. The van der Waals surface area contributed by atoms with Gasteiger partial charge in [0.2, 0.25) is 27.7 Å². The Morgan fingerprint density at radius 1 is 0.912 bits per heavy atom. The second kappa shape index (κ2) is 9.03. The fourth-order valence-electron chi connectivity index (χ4n) is 4.97. The van der Waals surface area contributed by atoms with E-state index in [1.807, 2.05) is 12.2 Å². The van der Waals surface area contributed by atoms with Gasteiger partial charge in [-0.1, -0.05) is 12.2 Å². The van der Waals surface area contributed by atoms with Crippen LogP contribution in [0, 0.1) is 11.8 Å². The Hall–Kier alpha value is -2.92. The number of imide groups is 1. The van der Waals surface area contributed by atoms with Gasteiger partial charge in [-0.3, -0.25) is 19.3 Å². The van der Waals surface area contributed by atoms with Gasteiger partial charge in [0, 0.05) is 45.2 Å². The van der Waals surface area contributed by atoms with Gasteiger partial charge in [0.15, 0.2) is 11.5 Å². The molecule has 0 spiro atoms. The zero-order chi connectivity index (χ0) is 23.9. The lowest BCUT2D eigenvalue weighted by atomic mass is 9.85. The van der Waals surface area contributed by atoms with Crippen molar-refractivity contribution >= 4 is 27.7 Å². The van der Waals surface area contributed by atoms with Crippen LogP contribution in [0.5, 0.6) is 11.5 Å². The topological polar surface area (TPSA) is 114 Å². The van der Waals surface area contributed by atoms with Gasteiger partial charge in [0.05, 0.1) is 16.7 Å². The predicted molar refractivity (Wildman–Crippen MR) is 119 cm³/mol. The molecule has 0 N–H and O–H groups in total. The molecule has 34 heavy (non-hydrogen) atoms. The molecule has 0 unspecified atom stereocenters. The summed E-state index contributed by atoms with van der Waals surface area (Å²) in [7, 11) is -3.74. The summed E-state index contributed by atoms with van der Waals surface area (Å²) in [6, 6.07) is 4.56. The first-order valence-corrected chi connectivity index (χ1v) is 13.0. The third-order valence-corrected chi connectivity index (χ3v) is 8.79. The molecule has 2 saturated heterocycles. The first-order chi connectivity index (χ1) is 16.4. The summed E-state index contributed by atoms with van der Waals surface area (Å²) in [6.07, 6.45) is 5.04. The zero-order valence-corrected chi connectivity index (χ0v) is 19.5. The van der Waals surface area contributed by atoms with Crippen molar-refractivity contribution in [2.45, 2.75) is 24.2 Å². The Labute approximate surface area is 198 Å². The highest BCUT2D eigenvalue weighted by Gasteiger charge is 2.47. The molecule has 182 valence electrons. The summed E-state index contributed by atoms with van der Waals surface area (Å²) in [4.78, 5) is 40.8. The minimum atomic E-state index is -3.74. The molecule has 2 fully saturated rings. The molecular weight excluding hydrogens is 462 g/mol. The summed E-state index contributed by atoms with van der Waals surface area (Å²) in [5.41, 5.74) is 0. The van der Waals surface area contributed by atoms with Crippen LogP contribution in [-0.2, 0) is 24.4 Å². The van der Waals surface area contributed by atoms with E-state index in [1.54, 1.807) is 11.0 Å². The lowest BCUT2D eigenvalue weighted by molar-refractivity contribution is -0.141. The number of nitrogens with zero attached hydrogens (tertiary/aromatic N) is 3. The maximum atomic E-state index is 13.1. The number of allylic oxidation sites excluding steroid dienone is 2. The van der Waals surface area contributed by atoms with Gasteiger partial charge in [-0.05, 0) is 25.0 Å². The minimum Gasteiger partial charge on any atom is -0.486 e. The third kappa shape index (κ3) is 4.07. The number of fused-ring (bicyclic) bond motifs is 2. The van der Waals surface area contributed by atoms with Gasteiger partial charge in [-0.2, -0.15) is 4.31 Å². The van der Waals surface area contributed by atoms with Crippen molar-refractivity contribution in [1.82, 2.24) is 14.1 Å². The highest BCUT2D eigenvalue weighted by molar-refractivity contribution is 7.89. The van der Waals surface area contributed by atoms with Crippen LogP contribution in [0.2, 0.25) is 0 Å². The van der Waals surface area contributed by atoms with E-state index < -0.39 is 10.0 Å². The molecule has 1 aliphatic carbocycles. The predicted octanol–water partition coefficient (Wildman–Crippen LogP) is 0.632. The van der Waals surface area contributed by atoms with Gasteiger partial charge in [-0.15, -0.1) is 0 Å². The van der Waals surface area contributed by atoms with Crippen LogP contribution >= 0.6 is 0 Å². The third-order valence-electron chi connectivity index (χ3n) is 6.89. The maximum Gasteiger partial charge on any atom is 0.243 e. The van der Waals surface area contributed by atoms with Crippen LogP contribution < -0.4 is 9.47 Å². The Kier molecular flexibility index (Phi) is 6.07. The molecule has 0 saturated carbocycles. The van der Waals surface area contributed by atoms with Crippen molar-refractivity contribution < 1.29 is 32.3 Å². The number of piperazine rings is 1. The van der Waals surface area contributed by atoms with Gasteiger partial charge in [0.25, 0.3) is 0 Å². The number of ether oxygens (including phenoxy) is 2. The largest absolute Gasteiger partial charge is 0.486 e. The number of amides is 3. The SMILES string of the molecule is O=C(CCN1C(=O)[C@@H]2CC=CC[C@H]2C1=O)N1CCN(S(=O)(=O)c2ccc3c(c2)OCCO3)CC1. The van der Waals surface area contributed by atoms with Crippen molar-refractivity contribution in [3.63, 3.8) is 0 Å². The Morgan fingerprint density at radius 3 is 2.18 bits per heavy atom. The summed E-state index contributed by atoms with van der Waals surface area (Å²) >= 11 is 0. The van der Waals surface area contributed by atoms with Crippen LogP contribution in [0.4, 0.5) is 0 Å². The quantitative estimate of drug-likeness (QED) is 0.440. The van der Waals surface area contributed by atoms with Crippen molar-refractivity contribution in [2.24, 2.45) is 11.8 Å². The number of benzene rings is 1. The van der Waals surface area contributed by atoms with E-state index in [4.69, 9.17) is 9.47 Å². The molecule has 5 rings (SSSR count). The summed E-state index contributed by atoms with van der Waals surface area (Å²) in [5, 5.41) is 0. The molecule has 0 bridgehead atoms. The van der Waals surface area contributed by atoms with Gasteiger partial charge in [-0.25, -0.2) is 8.42 Å². The fourth-order valence-corrected chi connectivity index (χ4v) is 6.40. The average molecular weight is 490 g/mol. The molecule has 3 aliphatic heterocycles. The van der Waals surface area contributed by atoms with Crippen molar-refractivity contribution in [3.05, 3.63) is 30.4 Å². The monoisotopic (exact) mass is 489 g/mol. The number of carbonyl (C=O) groups is 3. The van der Waals surface area contributed by atoms with Crippen LogP contribution in [0.15, 0.2) is 35.2 Å². The molecule has 1 aromatic rings. The Bertz CT molecular complexity index is 1120. The first kappa shape index (κ1) is 22.9. The smallest absolute Gasteiger partial charge is 0.243 e. The second-order valence-electron chi connectivity index (χ2n) is 8.82. The van der Waals surface area contributed by atoms with Gasteiger partial charge < -0.3 is 14.4 Å². The van der Waals surface area contributed by atoms with E-state index in [-0.39, 0.29) is 73.6 Å². The number of hydrogen-bond donors (Lipinski definition) is 0. The summed E-state index contributed by atoms with van der Waals surface area (Å²) in [6.45, 7) is 1.69. The van der Waals surface area contributed by atoms with Crippen molar-refractivity contribution in [2.75, 3.05) is 45.9 Å². The van der Waals surface area contributed by atoms with E-state index in [1.165, 1.54) is 21.3 Å². The lowest BCUT2D eigenvalue weighted by Gasteiger charge is -2.34. The van der Waals surface area contributed by atoms with Crippen LogP contribution in [-0.4, -0.2) is 86.2 Å². The Balaban J connectivity index is 1.16. The van der Waals surface area contributed by atoms with E-state index >= 15 is 0 Å². The van der Waals surface area contributed by atoms with Crippen LogP contribution in [0.1, 0.15) is 19.3 Å². The molecule has 1 aromatic carbocycles. The van der Waals surface area contributed by atoms with Gasteiger partial charge in [0.1, 0.15) is 13.2 Å². The molecule has 0 radical (unpaired) electrons. The number of sulfonamides is 1.